The minimum Gasteiger partial charge on any atom is -0.339 e. The maximum absolute atomic E-state index is 14.7. The van der Waals surface area contributed by atoms with Gasteiger partial charge in [-0.25, -0.2) is 4.85 Å². The van der Waals surface area contributed by atoms with E-state index in [1.807, 2.05) is 26.0 Å². The summed E-state index contributed by atoms with van der Waals surface area (Å²) in [4.78, 5) is 36.8. The minimum absolute atomic E-state index is 0.0529. The van der Waals surface area contributed by atoms with Gasteiger partial charge < -0.3 is 9.32 Å². The van der Waals surface area contributed by atoms with Gasteiger partial charge in [0.15, 0.2) is 17.4 Å². The summed E-state index contributed by atoms with van der Waals surface area (Å²) in [6, 6.07) is 0. The van der Waals surface area contributed by atoms with Crippen molar-refractivity contribution in [2.75, 3.05) is 0 Å². The number of carbonyl (C=O) groups is 2. The van der Waals surface area contributed by atoms with Crippen LogP contribution < -0.4 is 0 Å². The molecule has 0 bridgehead atoms. The van der Waals surface area contributed by atoms with Crippen molar-refractivity contribution in [3.63, 3.8) is 0 Å². The van der Waals surface area contributed by atoms with E-state index in [0.717, 1.165) is 68.7 Å². The summed E-state index contributed by atoms with van der Waals surface area (Å²) < 4.78 is 6.13. The van der Waals surface area contributed by atoms with Gasteiger partial charge in [0.05, 0.1) is 12.0 Å². The number of hydrogen-bond donors (Lipinski definition) is 0. The fourth-order valence-electron chi connectivity index (χ4n) is 11.1. The second kappa shape index (κ2) is 8.54. The van der Waals surface area contributed by atoms with Crippen molar-refractivity contribution in [3.8, 4) is 0 Å². The molecule has 6 nitrogen and oxygen atoms in total. The van der Waals surface area contributed by atoms with Gasteiger partial charge in [-0.3, -0.25) is 4.79 Å². The Labute approximate surface area is 251 Å². The Bertz CT molecular complexity index is 1490. The summed E-state index contributed by atoms with van der Waals surface area (Å²) in [5, 5.41) is 4.46. The van der Waals surface area contributed by atoms with E-state index in [1.165, 1.54) is 12.8 Å². The van der Waals surface area contributed by atoms with E-state index in [0.29, 0.717) is 5.92 Å². The zero-order valence-corrected chi connectivity index (χ0v) is 26.6. The Morgan fingerprint density at radius 1 is 0.976 bits per heavy atom. The van der Waals surface area contributed by atoms with E-state index < -0.39 is 10.8 Å². The van der Waals surface area contributed by atoms with Gasteiger partial charge in [0.25, 0.3) is 0 Å². The van der Waals surface area contributed by atoms with E-state index in [2.05, 4.69) is 44.6 Å². The molecule has 1 aromatic rings. The van der Waals surface area contributed by atoms with Crippen molar-refractivity contribution in [1.29, 1.82) is 0 Å². The molecule has 0 aliphatic heterocycles. The van der Waals surface area contributed by atoms with Gasteiger partial charge >= 0.3 is 0 Å². The van der Waals surface area contributed by atoms with Crippen LogP contribution >= 0.6 is 0 Å². The van der Waals surface area contributed by atoms with Crippen molar-refractivity contribution in [2.24, 2.45) is 50.7 Å². The summed E-state index contributed by atoms with van der Waals surface area (Å²) in [6.45, 7) is 23.5. The number of carbonyl (C=O) groups excluding carboxylic acids is 2. The zero-order valence-electron chi connectivity index (χ0n) is 26.6. The number of ketones is 2. The average molecular weight is 570 g/mol. The van der Waals surface area contributed by atoms with Crippen molar-refractivity contribution in [2.45, 2.75) is 118 Å². The molecule has 0 radical (unpaired) electrons. The second-order valence-corrected chi connectivity index (χ2v) is 17.0. The maximum Gasteiger partial charge on any atom is 0.233 e. The third-order valence-corrected chi connectivity index (χ3v) is 13.9. The Kier molecular flexibility index (Phi) is 5.74. The molecule has 1 aromatic heterocycles. The summed E-state index contributed by atoms with van der Waals surface area (Å²) in [6.07, 6.45) is 14.1. The largest absolute Gasteiger partial charge is 0.339 e. The molecule has 0 saturated heterocycles. The van der Waals surface area contributed by atoms with Gasteiger partial charge in [0, 0.05) is 23.2 Å². The van der Waals surface area contributed by atoms with Gasteiger partial charge in [-0.05, 0) is 97.9 Å². The lowest BCUT2D eigenvalue weighted by Crippen LogP contribution is -2.65. The first kappa shape index (κ1) is 28.2. The summed E-state index contributed by atoms with van der Waals surface area (Å²) in [5.74, 6) is 2.57. The van der Waals surface area contributed by atoms with Crippen molar-refractivity contribution >= 4 is 11.6 Å². The summed E-state index contributed by atoms with van der Waals surface area (Å²) >= 11 is 0. The van der Waals surface area contributed by atoms with Crippen molar-refractivity contribution in [1.82, 2.24) is 10.1 Å². The van der Waals surface area contributed by atoms with Crippen LogP contribution in [0.3, 0.4) is 0 Å². The first-order valence-electron chi connectivity index (χ1n) is 16.4. The van der Waals surface area contributed by atoms with Gasteiger partial charge in [0.1, 0.15) is 0 Å². The Morgan fingerprint density at radius 3 is 2.38 bits per heavy atom. The molecule has 1 heterocycles. The molecule has 4 fully saturated rings. The topological polar surface area (TPSA) is 77.4 Å². The predicted octanol–water partition coefficient (Wildman–Crippen LogP) is 7.85. The molecule has 0 spiro atoms. The summed E-state index contributed by atoms with van der Waals surface area (Å²) in [5.41, 5.74) is -0.323. The monoisotopic (exact) mass is 569 g/mol. The molecule has 6 aliphatic carbocycles. The fourth-order valence-corrected chi connectivity index (χ4v) is 11.1. The lowest BCUT2D eigenvalue weighted by molar-refractivity contribution is -0.161. The molecule has 224 valence electrons. The van der Waals surface area contributed by atoms with Gasteiger partial charge in [-0.2, -0.15) is 4.98 Å². The fraction of sp³-hybridized carbons (Fsp3) is 0.750. The molecule has 4 saturated carbocycles. The molecule has 0 amide bonds. The van der Waals surface area contributed by atoms with E-state index in [1.54, 1.807) is 0 Å². The van der Waals surface area contributed by atoms with E-state index >= 15 is 0 Å². The number of fused-ring (bicyclic) bond motifs is 7. The van der Waals surface area contributed by atoms with Crippen LogP contribution in [0.5, 0.6) is 0 Å². The number of nitrogens with zero attached hydrogens (tertiary/aromatic N) is 3. The molecule has 0 unspecified atom stereocenters. The highest BCUT2D eigenvalue weighted by Crippen LogP contribution is 2.74. The van der Waals surface area contributed by atoms with Crippen LogP contribution in [-0.2, 0) is 21.4 Å². The molecular weight excluding hydrogens is 522 g/mol. The number of rotatable bonds is 3. The van der Waals surface area contributed by atoms with Gasteiger partial charge in [-0.15, -0.1) is 0 Å². The van der Waals surface area contributed by atoms with Crippen LogP contribution in [0.15, 0.2) is 27.9 Å². The third-order valence-electron chi connectivity index (χ3n) is 13.9. The Balaban J connectivity index is 1.36. The third kappa shape index (κ3) is 3.55. The molecule has 6 heteroatoms. The molecule has 6 aliphatic rings. The number of Topliss-reactive ketones (excluding diaryl/α,β-unsaturated/α-hetero) is 1. The zero-order chi connectivity index (χ0) is 30.1. The quantitative estimate of drug-likeness (QED) is 0.347. The normalized spacial score (nSPS) is 43.6. The maximum atomic E-state index is 14.7. The van der Waals surface area contributed by atoms with Gasteiger partial charge in [0.2, 0.25) is 11.6 Å². The van der Waals surface area contributed by atoms with Gasteiger partial charge in [-0.1, -0.05) is 65.3 Å². The van der Waals surface area contributed by atoms with Crippen molar-refractivity contribution < 1.29 is 14.1 Å². The highest BCUT2D eigenvalue weighted by atomic mass is 16.5. The number of hydrogen-bond acceptors (Lipinski definition) is 5. The molecule has 7 rings (SSSR count). The Morgan fingerprint density at radius 2 is 1.69 bits per heavy atom. The first-order valence-corrected chi connectivity index (χ1v) is 16.4. The van der Waals surface area contributed by atoms with Crippen LogP contribution in [0.25, 0.3) is 4.85 Å². The second-order valence-electron chi connectivity index (χ2n) is 17.0. The molecule has 7 atom stereocenters. The molecule has 42 heavy (non-hydrogen) atoms. The smallest absolute Gasteiger partial charge is 0.233 e. The van der Waals surface area contributed by atoms with E-state index in [9.17, 15) is 9.59 Å². The van der Waals surface area contributed by atoms with Crippen LogP contribution in [0, 0.1) is 57.3 Å². The lowest BCUT2D eigenvalue weighted by Gasteiger charge is -2.69. The highest BCUT2D eigenvalue weighted by Gasteiger charge is 2.70. The minimum atomic E-state index is -0.641. The predicted molar refractivity (Wildman–Crippen MR) is 160 cm³/mol. The standard InChI is InChI=1S/C36H47N3O3/c1-31(2)13-15-36(30-38-27(39-42-30)17-21-9-10-21)16-14-35(7)28(22(36)19-31)24(40)18-26-33(5)20-23(37-8)29(41)32(3,4)25(33)11-12-34(26,35)6/h18,20-22,25,28H,9-17,19H2,1-7H3/t22-,25-,28-,33-,34+,35+,36-/m0/s1. The van der Waals surface area contributed by atoms with Crippen LogP contribution in [0.1, 0.15) is 118 Å². The van der Waals surface area contributed by atoms with Crippen LogP contribution in [-0.4, -0.2) is 21.7 Å². The van der Waals surface area contributed by atoms with E-state index in [4.69, 9.17) is 16.1 Å². The molecule has 0 aromatic carbocycles. The lowest BCUT2D eigenvalue weighted by atomic mass is 9.34. The van der Waals surface area contributed by atoms with Crippen LogP contribution in [0.4, 0.5) is 0 Å². The van der Waals surface area contributed by atoms with E-state index in [-0.39, 0.29) is 56.7 Å². The van der Waals surface area contributed by atoms with Crippen LogP contribution in [0.2, 0.25) is 0 Å². The number of allylic oxidation sites excluding steroid dienone is 4. The summed E-state index contributed by atoms with van der Waals surface area (Å²) in [7, 11) is 0. The number of aromatic nitrogens is 2. The highest BCUT2D eigenvalue weighted by molar-refractivity contribution is 6.03. The molecule has 0 N–H and O–H groups in total. The Hall–Kier alpha value is -2.55. The SMILES string of the molecule is [C-]#[N+]C1=C[C@]2(C)C3=CC(=O)[C@@H]4[C@@H]5CC(C)(C)CC[C@]5(c5nc(CC6CC6)no5)CC[C@@]4(C)[C@]3(C)CC[C@H]2C(C)(C)C1=O. The first-order chi connectivity index (χ1) is 19.6. The molecular formula is C36H47N3O3. The van der Waals surface area contributed by atoms with Crippen molar-refractivity contribution in [3.05, 3.63) is 46.6 Å². The average Bonchev–Trinajstić information content (AvgIpc) is 3.61.